The number of rotatable bonds is 9. The van der Waals surface area contributed by atoms with Gasteiger partial charge in [0.25, 0.3) is 0 Å². The normalized spacial score (nSPS) is 11.5. The van der Waals surface area contributed by atoms with Gasteiger partial charge in [0.15, 0.2) is 0 Å². The third-order valence-corrected chi connectivity index (χ3v) is 2.85. The molecule has 0 aromatic rings. The van der Waals surface area contributed by atoms with Crippen LogP contribution in [0.15, 0.2) is 0 Å². The number of carbonyl (C=O) groups excluding carboxylic acids is 1. The molecular weight excluding hydrogens is 214 g/mol. The van der Waals surface area contributed by atoms with Gasteiger partial charge in [-0.25, -0.2) is 0 Å². The molecule has 4 heteroatoms. The summed E-state index contributed by atoms with van der Waals surface area (Å²) in [5, 5.41) is 6.01. The van der Waals surface area contributed by atoms with E-state index in [9.17, 15) is 4.79 Å². The van der Waals surface area contributed by atoms with Gasteiger partial charge in [-0.1, -0.05) is 0 Å². The molecule has 0 aliphatic heterocycles. The van der Waals surface area contributed by atoms with Gasteiger partial charge in [0.1, 0.15) is 0 Å². The van der Waals surface area contributed by atoms with Crippen LogP contribution in [0, 0.1) is 0 Å². The van der Waals surface area contributed by atoms with Crippen LogP contribution in [-0.4, -0.2) is 49.6 Å². The molecule has 0 saturated carbocycles. The smallest absolute Gasteiger partial charge is 0.220 e. The zero-order chi connectivity index (χ0) is 13.3. The van der Waals surface area contributed by atoms with Crippen molar-refractivity contribution in [3.63, 3.8) is 0 Å². The second kappa shape index (κ2) is 9.42. The fraction of sp³-hybridized carbons (Fsp3) is 0.923. The highest BCUT2D eigenvalue weighted by Gasteiger charge is 2.12. The molecule has 0 fully saturated rings. The first-order valence-corrected chi connectivity index (χ1v) is 6.66. The van der Waals surface area contributed by atoms with E-state index in [1.54, 1.807) is 0 Å². The first kappa shape index (κ1) is 16.4. The number of nitrogens with one attached hydrogen (secondary N) is 2. The summed E-state index contributed by atoms with van der Waals surface area (Å²) in [4.78, 5) is 13.9. The highest BCUT2D eigenvalue weighted by atomic mass is 16.1. The Morgan fingerprint density at radius 3 is 2.18 bits per heavy atom. The summed E-state index contributed by atoms with van der Waals surface area (Å²) in [6, 6.07) is 1.05. The van der Waals surface area contributed by atoms with E-state index in [0.717, 1.165) is 26.1 Å². The Morgan fingerprint density at radius 2 is 1.71 bits per heavy atom. The van der Waals surface area contributed by atoms with Crippen molar-refractivity contribution in [1.29, 1.82) is 0 Å². The lowest BCUT2D eigenvalue weighted by Crippen LogP contribution is -2.42. The van der Waals surface area contributed by atoms with Gasteiger partial charge in [-0.2, -0.15) is 0 Å². The van der Waals surface area contributed by atoms with Gasteiger partial charge in [0, 0.05) is 31.6 Å². The van der Waals surface area contributed by atoms with E-state index in [2.05, 4.69) is 43.2 Å². The Balaban J connectivity index is 3.70. The van der Waals surface area contributed by atoms with Gasteiger partial charge in [-0.05, 0) is 47.7 Å². The lowest BCUT2D eigenvalue weighted by atomic mass is 10.2. The van der Waals surface area contributed by atoms with Crippen molar-refractivity contribution in [2.24, 2.45) is 0 Å². The third kappa shape index (κ3) is 8.16. The van der Waals surface area contributed by atoms with Crippen LogP contribution in [0.4, 0.5) is 0 Å². The Labute approximate surface area is 106 Å². The maximum absolute atomic E-state index is 11.5. The summed E-state index contributed by atoms with van der Waals surface area (Å²) in [6.45, 7) is 11.3. The summed E-state index contributed by atoms with van der Waals surface area (Å²) in [7, 11) is 1.90. The third-order valence-electron chi connectivity index (χ3n) is 2.85. The van der Waals surface area contributed by atoms with Gasteiger partial charge < -0.3 is 10.6 Å². The van der Waals surface area contributed by atoms with Crippen LogP contribution in [0.5, 0.6) is 0 Å². The van der Waals surface area contributed by atoms with E-state index in [0.29, 0.717) is 18.5 Å². The summed E-state index contributed by atoms with van der Waals surface area (Å²) in [6.07, 6.45) is 1.52. The molecule has 0 atom stereocenters. The second-order valence-electron chi connectivity index (χ2n) is 4.98. The molecule has 0 saturated heterocycles. The minimum atomic E-state index is 0.160. The lowest BCUT2D eigenvalue weighted by Gasteiger charge is -2.30. The van der Waals surface area contributed by atoms with Gasteiger partial charge >= 0.3 is 0 Å². The second-order valence-corrected chi connectivity index (χ2v) is 4.98. The molecule has 0 aromatic carbocycles. The summed E-state index contributed by atoms with van der Waals surface area (Å²) in [5.74, 6) is 0.160. The fourth-order valence-corrected chi connectivity index (χ4v) is 1.95. The van der Waals surface area contributed by atoms with Gasteiger partial charge in [0.05, 0.1) is 0 Å². The Morgan fingerprint density at radius 1 is 1.12 bits per heavy atom. The monoisotopic (exact) mass is 243 g/mol. The lowest BCUT2D eigenvalue weighted by molar-refractivity contribution is -0.121. The molecule has 102 valence electrons. The highest BCUT2D eigenvalue weighted by molar-refractivity contribution is 5.75. The topological polar surface area (TPSA) is 44.4 Å². The van der Waals surface area contributed by atoms with Crippen molar-refractivity contribution in [3.8, 4) is 0 Å². The molecule has 0 aliphatic rings. The minimum absolute atomic E-state index is 0.160. The van der Waals surface area contributed by atoms with Crippen LogP contribution in [0.3, 0.4) is 0 Å². The number of amides is 1. The van der Waals surface area contributed by atoms with E-state index >= 15 is 0 Å². The van der Waals surface area contributed by atoms with Gasteiger partial charge in [-0.15, -0.1) is 0 Å². The predicted octanol–water partition coefficient (Wildman–Crippen LogP) is 1.22. The SMILES string of the molecule is CNCCCC(=O)NCCN(C(C)C)C(C)C. The van der Waals surface area contributed by atoms with Crippen LogP contribution in [0.2, 0.25) is 0 Å². The molecule has 0 radical (unpaired) electrons. The first-order chi connectivity index (χ1) is 7.99. The van der Waals surface area contributed by atoms with Gasteiger partial charge in [-0.3, -0.25) is 9.69 Å². The molecule has 0 aromatic heterocycles. The number of hydrogen-bond donors (Lipinski definition) is 2. The zero-order valence-corrected chi connectivity index (χ0v) is 12.0. The minimum Gasteiger partial charge on any atom is -0.355 e. The van der Waals surface area contributed by atoms with E-state index in [1.165, 1.54) is 0 Å². The molecule has 0 unspecified atom stereocenters. The molecule has 17 heavy (non-hydrogen) atoms. The van der Waals surface area contributed by atoms with Crippen LogP contribution < -0.4 is 10.6 Å². The van der Waals surface area contributed by atoms with E-state index < -0.39 is 0 Å². The molecule has 2 N–H and O–H groups in total. The highest BCUT2D eigenvalue weighted by Crippen LogP contribution is 2.03. The van der Waals surface area contributed by atoms with Crippen molar-refractivity contribution >= 4 is 5.91 Å². The van der Waals surface area contributed by atoms with Crippen LogP contribution in [0.1, 0.15) is 40.5 Å². The fourth-order valence-electron chi connectivity index (χ4n) is 1.95. The predicted molar refractivity (Wildman–Crippen MR) is 73.1 cm³/mol. The van der Waals surface area contributed by atoms with E-state index in [1.807, 2.05) is 7.05 Å². The average Bonchev–Trinajstić information content (AvgIpc) is 2.23. The number of nitrogens with zero attached hydrogens (tertiary/aromatic N) is 1. The van der Waals surface area contributed by atoms with E-state index in [4.69, 9.17) is 0 Å². The average molecular weight is 243 g/mol. The summed E-state index contributed by atoms with van der Waals surface area (Å²) < 4.78 is 0. The quantitative estimate of drug-likeness (QED) is 0.599. The Kier molecular flexibility index (Phi) is 9.09. The number of hydrogen-bond acceptors (Lipinski definition) is 3. The molecule has 1 amide bonds. The zero-order valence-electron chi connectivity index (χ0n) is 12.0. The summed E-state index contributed by atoms with van der Waals surface area (Å²) >= 11 is 0. The molecule has 0 spiro atoms. The Bertz CT molecular complexity index is 197. The molecule has 0 bridgehead atoms. The standard InChI is InChI=1S/C13H29N3O/c1-11(2)16(12(3)4)10-9-15-13(17)7-6-8-14-5/h11-12,14H,6-10H2,1-5H3,(H,15,17). The maximum atomic E-state index is 11.5. The maximum Gasteiger partial charge on any atom is 0.220 e. The van der Waals surface area contributed by atoms with Crippen LogP contribution >= 0.6 is 0 Å². The van der Waals surface area contributed by atoms with Gasteiger partial charge in [0.2, 0.25) is 5.91 Å². The van der Waals surface area contributed by atoms with Crippen molar-refractivity contribution < 1.29 is 4.79 Å². The van der Waals surface area contributed by atoms with Crippen molar-refractivity contribution in [3.05, 3.63) is 0 Å². The van der Waals surface area contributed by atoms with Crippen molar-refractivity contribution in [1.82, 2.24) is 15.5 Å². The molecular formula is C13H29N3O. The first-order valence-electron chi connectivity index (χ1n) is 6.66. The van der Waals surface area contributed by atoms with Crippen LogP contribution in [0.25, 0.3) is 0 Å². The van der Waals surface area contributed by atoms with Crippen molar-refractivity contribution in [2.45, 2.75) is 52.6 Å². The van der Waals surface area contributed by atoms with Crippen molar-refractivity contribution in [2.75, 3.05) is 26.7 Å². The number of carbonyl (C=O) groups is 1. The molecule has 0 aliphatic carbocycles. The Hall–Kier alpha value is -0.610. The molecule has 0 heterocycles. The van der Waals surface area contributed by atoms with Crippen LogP contribution in [-0.2, 0) is 4.79 Å². The largest absolute Gasteiger partial charge is 0.355 e. The molecule has 0 rings (SSSR count). The molecule has 4 nitrogen and oxygen atoms in total. The summed E-state index contributed by atoms with van der Waals surface area (Å²) in [5.41, 5.74) is 0. The van der Waals surface area contributed by atoms with E-state index in [-0.39, 0.29) is 5.91 Å².